The van der Waals surface area contributed by atoms with Gasteiger partial charge < -0.3 is 15.1 Å². The van der Waals surface area contributed by atoms with Gasteiger partial charge in [0.05, 0.1) is 16.7 Å². The van der Waals surface area contributed by atoms with Crippen LogP contribution < -0.4 is 10.2 Å². The molecule has 4 rings (SSSR count). The van der Waals surface area contributed by atoms with E-state index in [2.05, 4.69) is 5.32 Å². The zero-order chi connectivity index (χ0) is 20.6. The summed E-state index contributed by atoms with van der Waals surface area (Å²) < 4.78 is 27.9. The molecule has 0 aliphatic carbocycles. The third-order valence-electron chi connectivity index (χ3n) is 5.90. The number of rotatable bonds is 5. The van der Waals surface area contributed by atoms with Gasteiger partial charge in [-0.25, -0.2) is 13.2 Å². The Morgan fingerprint density at radius 2 is 1.86 bits per heavy atom. The Morgan fingerprint density at radius 3 is 2.52 bits per heavy atom. The van der Waals surface area contributed by atoms with Gasteiger partial charge in [-0.15, -0.1) is 0 Å². The topological polar surface area (TPSA) is 116 Å². The number of nitrogens with one attached hydrogen (secondary N) is 1. The molecule has 0 aromatic heterocycles. The normalized spacial score (nSPS) is 23.4. The Bertz CT molecular complexity index is 915. The molecule has 3 heterocycles. The molecule has 0 radical (unpaired) electrons. The summed E-state index contributed by atoms with van der Waals surface area (Å²) in [5, 5.41) is 14.1. The number of anilines is 1. The highest BCUT2D eigenvalue weighted by molar-refractivity contribution is 7.89. The van der Waals surface area contributed by atoms with Crippen LogP contribution in [0.1, 0.15) is 25.7 Å². The number of hydrogen-bond acceptors (Lipinski definition) is 6. The number of amides is 2. The van der Waals surface area contributed by atoms with Gasteiger partial charge >= 0.3 is 6.03 Å². The van der Waals surface area contributed by atoms with Crippen molar-refractivity contribution in [3.05, 3.63) is 28.3 Å². The number of piperidine rings is 1. The van der Waals surface area contributed by atoms with E-state index in [0.29, 0.717) is 45.0 Å². The summed E-state index contributed by atoms with van der Waals surface area (Å²) in [7, 11) is -3.83. The van der Waals surface area contributed by atoms with Crippen LogP contribution in [0.2, 0.25) is 0 Å². The fraction of sp³-hybridized carbons (Fsp3) is 0.611. The van der Waals surface area contributed by atoms with Gasteiger partial charge in [-0.1, -0.05) is 0 Å². The smallest absolute Gasteiger partial charge is 0.317 e. The van der Waals surface area contributed by atoms with E-state index in [0.717, 1.165) is 25.7 Å². The Balaban J connectivity index is 1.69. The van der Waals surface area contributed by atoms with Crippen LogP contribution in [0.15, 0.2) is 23.1 Å². The van der Waals surface area contributed by atoms with E-state index in [1.807, 2.05) is 4.90 Å². The number of urea groups is 1. The zero-order valence-electron chi connectivity index (χ0n) is 16.1. The summed E-state index contributed by atoms with van der Waals surface area (Å²) in [5.74, 6) is 0. The van der Waals surface area contributed by atoms with Gasteiger partial charge in [-0.05, 0) is 31.7 Å². The Kier molecular flexibility index (Phi) is 5.34. The molecule has 0 spiro atoms. The molecule has 3 saturated heterocycles. The molecule has 1 aromatic carbocycles. The molecule has 1 atom stereocenters. The first-order valence-electron chi connectivity index (χ1n) is 9.96. The van der Waals surface area contributed by atoms with Crippen molar-refractivity contribution >= 4 is 27.4 Å². The van der Waals surface area contributed by atoms with Gasteiger partial charge in [0, 0.05) is 51.4 Å². The number of non-ortho nitro benzene ring substituents is 1. The summed E-state index contributed by atoms with van der Waals surface area (Å²) in [5.41, 5.74) is 0.241. The molecular weight excluding hydrogens is 398 g/mol. The van der Waals surface area contributed by atoms with Gasteiger partial charge in [0.15, 0.2) is 0 Å². The monoisotopic (exact) mass is 423 g/mol. The van der Waals surface area contributed by atoms with Crippen molar-refractivity contribution in [3.8, 4) is 0 Å². The first kappa shape index (κ1) is 19.9. The quantitative estimate of drug-likeness (QED) is 0.565. The standard InChI is InChI=1S/C18H25N5O5S/c24-18-19-7-11-22(18)15-4-3-8-20(13-15)16-6-5-14(23(25)26)12-17(16)29(27,28)21-9-1-2-10-21/h5-6,12,15H,1-4,7-11,13H2,(H,19,24)/t15-/m0/s1. The molecule has 3 fully saturated rings. The lowest BCUT2D eigenvalue weighted by Crippen LogP contribution is -2.49. The van der Waals surface area contributed by atoms with E-state index >= 15 is 0 Å². The number of nitrogens with zero attached hydrogens (tertiary/aromatic N) is 4. The van der Waals surface area contributed by atoms with E-state index < -0.39 is 14.9 Å². The second kappa shape index (κ2) is 7.79. The van der Waals surface area contributed by atoms with Gasteiger partial charge in [0.2, 0.25) is 10.0 Å². The van der Waals surface area contributed by atoms with Crippen LogP contribution in [0, 0.1) is 10.1 Å². The Labute approximate surface area is 169 Å². The molecule has 1 aromatic rings. The molecule has 11 heteroatoms. The number of nitro benzene ring substituents is 1. The molecule has 2 amide bonds. The Morgan fingerprint density at radius 1 is 1.10 bits per heavy atom. The van der Waals surface area contributed by atoms with Crippen LogP contribution in [0.3, 0.4) is 0 Å². The lowest BCUT2D eigenvalue weighted by molar-refractivity contribution is -0.385. The van der Waals surface area contributed by atoms with E-state index in [1.165, 1.54) is 22.5 Å². The maximum Gasteiger partial charge on any atom is 0.317 e. The molecule has 10 nitrogen and oxygen atoms in total. The van der Waals surface area contributed by atoms with Gasteiger partial charge in [-0.2, -0.15) is 4.31 Å². The molecule has 0 saturated carbocycles. The molecule has 1 N–H and O–H groups in total. The first-order valence-corrected chi connectivity index (χ1v) is 11.4. The van der Waals surface area contributed by atoms with Crippen LogP contribution in [-0.4, -0.2) is 73.9 Å². The fourth-order valence-electron chi connectivity index (χ4n) is 4.41. The minimum atomic E-state index is -3.83. The second-order valence-electron chi connectivity index (χ2n) is 7.69. The van der Waals surface area contributed by atoms with E-state index in [1.54, 1.807) is 4.90 Å². The number of sulfonamides is 1. The number of benzene rings is 1. The van der Waals surface area contributed by atoms with Crippen molar-refractivity contribution in [1.29, 1.82) is 0 Å². The van der Waals surface area contributed by atoms with Gasteiger partial charge in [-0.3, -0.25) is 10.1 Å². The maximum atomic E-state index is 13.3. The number of carbonyl (C=O) groups excluding carboxylic acids is 1. The summed E-state index contributed by atoms with van der Waals surface area (Å²) in [6, 6.07) is 3.96. The summed E-state index contributed by atoms with van der Waals surface area (Å²) in [6.07, 6.45) is 3.25. The number of carbonyl (C=O) groups is 1. The maximum absolute atomic E-state index is 13.3. The van der Waals surface area contributed by atoms with Gasteiger partial charge in [0.25, 0.3) is 5.69 Å². The van der Waals surface area contributed by atoms with E-state index in [-0.39, 0.29) is 22.7 Å². The minimum absolute atomic E-state index is 0.0104. The first-order chi connectivity index (χ1) is 13.9. The van der Waals surface area contributed by atoms with E-state index in [4.69, 9.17) is 0 Å². The van der Waals surface area contributed by atoms with Crippen LogP contribution >= 0.6 is 0 Å². The van der Waals surface area contributed by atoms with Crippen LogP contribution in [0.4, 0.5) is 16.2 Å². The Hall–Kier alpha value is -2.40. The molecular formula is C18H25N5O5S. The largest absolute Gasteiger partial charge is 0.368 e. The predicted octanol–water partition coefficient (Wildman–Crippen LogP) is 1.37. The highest BCUT2D eigenvalue weighted by atomic mass is 32.2. The molecule has 158 valence electrons. The van der Waals surface area contributed by atoms with E-state index in [9.17, 15) is 23.3 Å². The molecule has 0 bridgehead atoms. The number of nitro groups is 1. The van der Waals surface area contributed by atoms with Crippen molar-refractivity contribution in [2.75, 3.05) is 44.2 Å². The lowest BCUT2D eigenvalue weighted by atomic mass is 10.0. The average Bonchev–Trinajstić information content (AvgIpc) is 3.40. The van der Waals surface area contributed by atoms with Crippen molar-refractivity contribution in [1.82, 2.24) is 14.5 Å². The molecule has 29 heavy (non-hydrogen) atoms. The van der Waals surface area contributed by atoms with Crippen molar-refractivity contribution in [3.63, 3.8) is 0 Å². The van der Waals surface area contributed by atoms with Crippen LogP contribution in [0.25, 0.3) is 0 Å². The zero-order valence-corrected chi connectivity index (χ0v) is 16.9. The van der Waals surface area contributed by atoms with Gasteiger partial charge in [0.1, 0.15) is 4.90 Å². The molecule has 3 aliphatic heterocycles. The number of hydrogen-bond donors (Lipinski definition) is 1. The molecule has 0 unspecified atom stereocenters. The third kappa shape index (κ3) is 3.76. The molecule has 3 aliphatic rings. The highest BCUT2D eigenvalue weighted by Gasteiger charge is 2.36. The summed E-state index contributed by atoms with van der Waals surface area (Å²) in [4.78, 5) is 26.5. The van der Waals surface area contributed by atoms with Crippen molar-refractivity contribution < 1.29 is 18.1 Å². The predicted molar refractivity (Wildman–Crippen MR) is 106 cm³/mol. The minimum Gasteiger partial charge on any atom is -0.368 e. The average molecular weight is 423 g/mol. The summed E-state index contributed by atoms with van der Waals surface area (Å²) in [6.45, 7) is 3.26. The fourth-order valence-corrected chi connectivity index (χ4v) is 6.16. The van der Waals surface area contributed by atoms with Crippen molar-refractivity contribution in [2.24, 2.45) is 0 Å². The van der Waals surface area contributed by atoms with Crippen LogP contribution in [-0.2, 0) is 10.0 Å². The second-order valence-corrected chi connectivity index (χ2v) is 9.59. The SMILES string of the molecule is O=C1NCCN1[C@H]1CCCN(c2ccc([N+](=O)[O-])cc2S(=O)(=O)N2CCCC2)C1. The lowest BCUT2D eigenvalue weighted by Gasteiger charge is -2.39. The summed E-state index contributed by atoms with van der Waals surface area (Å²) >= 11 is 0. The van der Waals surface area contributed by atoms with Crippen LogP contribution in [0.5, 0.6) is 0 Å². The third-order valence-corrected chi connectivity index (χ3v) is 7.83. The highest BCUT2D eigenvalue weighted by Crippen LogP contribution is 2.35. The van der Waals surface area contributed by atoms with Crippen molar-refractivity contribution in [2.45, 2.75) is 36.6 Å².